The van der Waals surface area contributed by atoms with E-state index >= 15 is 0 Å². The Bertz CT molecular complexity index is 1320. The Hall–Kier alpha value is -3.50. The average Bonchev–Trinajstić information content (AvgIpc) is 2.83. The molecule has 9 nitrogen and oxygen atoms in total. The van der Waals surface area contributed by atoms with Gasteiger partial charge < -0.3 is 10.1 Å². The van der Waals surface area contributed by atoms with Gasteiger partial charge in [-0.05, 0) is 41.8 Å². The second kappa shape index (κ2) is 9.16. The summed E-state index contributed by atoms with van der Waals surface area (Å²) >= 11 is 0. The fourth-order valence-electron chi connectivity index (χ4n) is 3.97. The van der Waals surface area contributed by atoms with Gasteiger partial charge in [-0.3, -0.25) is 14.9 Å². The van der Waals surface area contributed by atoms with Crippen LogP contribution in [0.25, 0.3) is 10.8 Å². The summed E-state index contributed by atoms with van der Waals surface area (Å²) in [5, 5.41) is 15.5. The molecule has 4 rings (SSSR count). The number of sulfonamides is 1. The summed E-state index contributed by atoms with van der Waals surface area (Å²) in [5.41, 5.74) is 0.191. The number of hydrogen-bond acceptors (Lipinski definition) is 6. The molecule has 0 spiro atoms. The lowest BCUT2D eigenvalue weighted by Crippen LogP contribution is -2.41. The summed E-state index contributed by atoms with van der Waals surface area (Å²) in [7, 11) is -2.30. The first-order chi connectivity index (χ1) is 15.8. The van der Waals surface area contributed by atoms with E-state index in [2.05, 4.69) is 5.32 Å². The molecular weight excluding hydrogens is 446 g/mol. The second-order valence-electron chi connectivity index (χ2n) is 7.82. The van der Waals surface area contributed by atoms with Crippen molar-refractivity contribution in [1.82, 2.24) is 4.31 Å². The van der Waals surface area contributed by atoms with E-state index in [-0.39, 0.29) is 41.2 Å². The molecular formula is C23H23N3O6S. The number of methoxy groups -OCH3 is 1. The van der Waals surface area contributed by atoms with Gasteiger partial charge in [-0.1, -0.05) is 30.3 Å². The summed E-state index contributed by atoms with van der Waals surface area (Å²) in [6.07, 6.45) is 0.738. The molecule has 3 aromatic rings. The highest BCUT2D eigenvalue weighted by Gasteiger charge is 2.32. The normalized spacial score (nSPS) is 15.3. The van der Waals surface area contributed by atoms with E-state index in [4.69, 9.17) is 4.74 Å². The van der Waals surface area contributed by atoms with Gasteiger partial charge in [0, 0.05) is 25.1 Å². The van der Waals surface area contributed by atoms with Gasteiger partial charge in [0.15, 0.2) is 0 Å². The Morgan fingerprint density at radius 1 is 1.06 bits per heavy atom. The molecule has 0 unspecified atom stereocenters. The Balaban J connectivity index is 1.43. The van der Waals surface area contributed by atoms with Gasteiger partial charge in [-0.15, -0.1) is 0 Å². The Kier molecular flexibility index (Phi) is 6.30. The molecule has 33 heavy (non-hydrogen) atoms. The largest absolute Gasteiger partial charge is 0.494 e. The number of piperidine rings is 1. The highest BCUT2D eigenvalue weighted by atomic mass is 32.2. The number of nitrogens with one attached hydrogen (secondary N) is 1. The van der Waals surface area contributed by atoms with Crippen molar-refractivity contribution in [3.05, 3.63) is 70.8 Å². The zero-order valence-corrected chi connectivity index (χ0v) is 18.7. The van der Waals surface area contributed by atoms with E-state index in [1.807, 2.05) is 24.3 Å². The highest BCUT2D eigenvalue weighted by Crippen LogP contribution is 2.31. The third-order valence-corrected chi connectivity index (χ3v) is 7.73. The number of rotatable bonds is 6. The average molecular weight is 470 g/mol. The maximum atomic E-state index is 13.1. The lowest BCUT2D eigenvalue weighted by Gasteiger charge is -2.30. The zero-order chi connectivity index (χ0) is 23.6. The molecule has 1 aliphatic heterocycles. The third kappa shape index (κ3) is 4.67. The predicted octanol–water partition coefficient (Wildman–Crippen LogP) is 3.80. The first kappa shape index (κ1) is 22.7. The van der Waals surface area contributed by atoms with Gasteiger partial charge in [0.1, 0.15) is 5.75 Å². The van der Waals surface area contributed by atoms with Crippen LogP contribution < -0.4 is 10.1 Å². The van der Waals surface area contributed by atoms with Crippen LogP contribution in [-0.4, -0.2) is 43.8 Å². The summed E-state index contributed by atoms with van der Waals surface area (Å²) in [6.45, 7) is 0.454. The number of nitro benzene ring substituents is 1. The van der Waals surface area contributed by atoms with Crippen LogP contribution in [0.2, 0.25) is 0 Å². The van der Waals surface area contributed by atoms with Crippen molar-refractivity contribution < 1.29 is 22.9 Å². The first-order valence-electron chi connectivity index (χ1n) is 10.4. The smallest absolute Gasteiger partial charge is 0.273 e. The Labute approximate surface area is 191 Å². The monoisotopic (exact) mass is 469 g/mol. The topological polar surface area (TPSA) is 119 Å². The summed E-state index contributed by atoms with van der Waals surface area (Å²) in [4.78, 5) is 23.4. The van der Waals surface area contributed by atoms with Crippen molar-refractivity contribution in [2.45, 2.75) is 17.7 Å². The zero-order valence-electron chi connectivity index (χ0n) is 17.9. The fourth-order valence-corrected chi connectivity index (χ4v) is 5.47. The van der Waals surface area contributed by atoms with E-state index in [0.29, 0.717) is 18.5 Å². The maximum absolute atomic E-state index is 13.1. The molecule has 0 radical (unpaired) electrons. The molecule has 0 saturated carbocycles. The van der Waals surface area contributed by atoms with E-state index in [1.165, 1.54) is 29.6 Å². The van der Waals surface area contributed by atoms with Crippen LogP contribution in [0.3, 0.4) is 0 Å². The highest BCUT2D eigenvalue weighted by molar-refractivity contribution is 7.89. The van der Waals surface area contributed by atoms with Crippen LogP contribution in [0, 0.1) is 16.0 Å². The van der Waals surface area contributed by atoms with Gasteiger partial charge in [0.25, 0.3) is 5.69 Å². The number of hydrogen-bond donors (Lipinski definition) is 1. The Morgan fingerprint density at radius 2 is 1.76 bits per heavy atom. The number of fused-ring (bicyclic) bond motifs is 1. The third-order valence-electron chi connectivity index (χ3n) is 5.84. The van der Waals surface area contributed by atoms with Crippen molar-refractivity contribution in [3.63, 3.8) is 0 Å². The van der Waals surface area contributed by atoms with E-state index in [0.717, 1.165) is 10.8 Å². The van der Waals surface area contributed by atoms with Crippen LogP contribution in [0.1, 0.15) is 12.8 Å². The van der Waals surface area contributed by atoms with Gasteiger partial charge in [0.2, 0.25) is 15.9 Å². The second-order valence-corrected chi connectivity index (χ2v) is 9.76. The Morgan fingerprint density at radius 3 is 2.42 bits per heavy atom. The van der Waals surface area contributed by atoms with Crippen molar-refractivity contribution >= 4 is 38.1 Å². The van der Waals surface area contributed by atoms with Crippen LogP contribution in [0.15, 0.2) is 65.6 Å². The molecule has 172 valence electrons. The van der Waals surface area contributed by atoms with Crippen molar-refractivity contribution in [2.75, 3.05) is 25.5 Å². The number of amides is 1. The van der Waals surface area contributed by atoms with Gasteiger partial charge >= 0.3 is 0 Å². The minimum atomic E-state index is -3.67. The van der Waals surface area contributed by atoms with E-state index < -0.39 is 14.9 Å². The summed E-state index contributed by atoms with van der Waals surface area (Å²) < 4.78 is 32.8. The number of ether oxygens (including phenoxy) is 1. The van der Waals surface area contributed by atoms with Gasteiger partial charge in [-0.2, -0.15) is 4.31 Å². The molecule has 10 heteroatoms. The first-order valence-corrected chi connectivity index (χ1v) is 11.9. The van der Waals surface area contributed by atoms with E-state index in [9.17, 15) is 23.3 Å². The number of non-ortho nitro benzene ring substituents is 1. The van der Waals surface area contributed by atoms with Crippen LogP contribution in [0.5, 0.6) is 5.75 Å². The number of carbonyl (C=O) groups is 1. The number of nitro groups is 1. The molecule has 1 aliphatic rings. The molecule has 1 saturated heterocycles. The molecule has 0 bridgehead atoms. The molecule has 1 N–H and O–H groups in total. The number of benzene rings is 3. The van der Waals surface area contributed by atoms with Crippen molar-refractivity contribution in [1.29, 1.82) is 0 Å². The standard InChI is InChI=1S/C23H23N3O6S/c1-32-22-15-19(26(28)29)7-9-21(22)24-23(27)17-10-12-25(13-11-17)33(30,31)20-8-6-16-4-2-3-5-18(16)14-20/h2-9,14-15,17H,10-13H2,1H3,(H,24,27). The van der Waals surface area contributed by atoms with Crippen LogP contribution >= 0.6 is 0 Å². The van der Waals surface area contributed by atoms with E-state index in [1.54, 1.807) is 18.2 Å². The fraction of sp³-hybridized carbons (Fsp3) is 0.261. The SMILES string of the molecule is COc1cc([N+](=O)[O-])ccc1NC(=O)C1CCN(S(=O)(=O)c2ccc3ccccc3c2)CC1. The molecule has 1 heterocycles. The quantitative estimate of drug-likeness (QED) is 0.433. The maximum Gasteiger partial charge on any atom is 0.273 e. The molecule has 1 amide bonds. The minimum absolute atomic E-state index is 0.142. The molecule has 3 aromatic carbocycles. The van der Waals surface area contributed by atoms with Crippen LogP contribution in [0.4, 0.5) is 11.4 Å². The number of anilines is 1. The molecule has 0 aromatic heterocycles. The van der Waals surface area contributed by atoms with Crippen LogP contribution in [-0.2, 0) is 14.8 Å². The summed E-state index contributed by atoms with van der Waals surface area (Å²) in [6, 6.07) is 16.6. The van der Waals surface area contributed by atoms with Gasteiger partial charge in [0.05, 0.1) is 28.7 Å². The minimum Gasteiger partial charge on any atom is -0.494 e. The number of carbonyl (C=O) groups excluding carboxylic acids is 1. The summed E-state index contributed by atoms with van der Waals surface area (Å²) in [5.74, 6) is -0.466. The predicted molar refractivity (Wildman–Crippen MR) is 124 cm³/mol. The lowest BCUT2D eigenvalue weighted by atomic mass is 9.97. The molecule has 0 aliphatic carbocycles. The molecule has 0 atom stereocenters. The van der Waals surface area contributed by atoms with Gasteiger partial charge in [-0.25, -0.2) is 8.42 Å². The van der Waals surface area contributed by atoms with Crippen molar-refractivity contribution in [3.8, 4) is 5.75 Å². The lowest BCUT2D eigenvalue weighted by molar-refractivity contribution is -0.384. The van der Waals surface area contributed by atoms with Crippen molar-refractivity contribution in [2.24, 2.45) is 5.92 Å². The molecule has 1 fully saturated rings. The number of nitrogens with zero attached hydrogens (tertiary/aromatic N) is 2.